The van der Waals surface area contributed by atoms with Gasteiger partial charge in [-0.25, -0.2) is 4.98 Å². The summed E-state index contributed by atoms with van der Waals surface area (Å²) in [5, 5.41) is 0. The van der Waals surface area contributed by atoms with Gasteiger partial charge in [0.25, 0.3) is 0 Å². The first-order valence-corrected chi connectivity index (χ1v) is 6.80. The van der Waals surface area contributed by atoms with Crippen molar-refractivity contribution >= 4 is 11.8 Å². The van der Waals surface area contributed by atoms with E-state index < -0.39 is 11.9 Å². The van der Waals surface area contributed by atoms with Crippen molar-refractivity contribution in [3.05, 3.63) is 11.8 Å². The maximum Gasteiger partial charge on any atom is 0.433 e. The van der Waals surface area contributed by atoms with Crippen LogP contribution < -0.4 is 10.6 Å². The number of nitrogen functional groups attached to an aromatic ring is 1. The van der Waals surface area contributed by atoms with Crippen molar-refractivity contribution in [3.8, 4) is 0 Å². The molecule has 0 amide bonds. The Morgan fingerprint density at radius 2 is 1.90 bits per heavy atom. The van der Waals surface area contributed by atoms with E-state index >= 15 is 0 Å². The summed E-state index contributed by atoms with van der Waals surface area (Å²) in [6.45, 7) is 4.78. The zero-order valence-corrected chi connectivity index (χ0v) is 12.4. The Morgan fingerprint density at radius 3 is 2.38 bits per heavy atom. The van der Waals surface area contributed by atoms with Gasteiger partial charge in [-0.1, -0.05) is 13.8 Å². The molecule has 0 saturated carbocycles. The van der Waals surface area contributed by atoms with E-state index in [2.05, 4.69) is 9.97 Å². The zero-order chi connectivity index (χ0) is 16.0. The number of anilines is 2. The third kappa shape index (κ3) is 4.73. The Kier molecular flexibility index (Phi) is 6.19. The molecule has 0 aliphatic heterocycles. The highest BCUT2D eigenvalue weighted by Gasteiger charge is 2.34. The number of halogens is 3. The van der Waals surface area contributed by atoms with E-state index in [9.17, 15) is 13.2 Å². The van der Waals surface area contributed by atoms with Crippen molar-refractivity contribution in [2.75, 3.05) is 30.9 Å². The third-order valence-electron chi connectivity index (χ3n) is 3.23. The number of rotatable bonds is 7. The quantitative estimate of drug-likeness (QED) is 0.839. The molecular weight excluding hydrogens is 285 g/mol. The van der Waals surface area contributed by atoms with Crippen LogP contribution in [0.2, 0.25) is 0 Å². The summed E-state index contributed by atoms with van der Waals surface area (Å²) in [5.74, 6) is -0.200. The van der Waals surface area contributed by atoms with Crippen LogP contribution in [0.15, 0.2) is 6.07 Å². The molecule has 0 aliphatic rings. The second-order valence-electron chi connectivity index (χ2n) is 4.62. The molecule has 0 aliphatic carbocycles. The number of nitrogens with zero attached hydrogens (tertiary/aromatic N) is 3. The number of hydrogen-bond acceptors (Lipinski definition) is 5. The van der Waals surface area contributed by atoms with Gasteiger partial charge in [-0.15, -0.1) is 0 Å². The molecular formula is C13H21F3N4O. The molecule has 2 N–H and O–H groups in total. The molecule has 21 heavy (non-hydrogen) atoms. The van der Waals surface area contributed by atoms with E-state index in [0.717, 1.165) is 18.9 Å². The third-order valence-corrected chi connectivity index (χ3v) is 3.23. The molecule has 1 aromatic heterocycles. The Hall–Kier alpha value is -1.57. The molecule has 0 radical (unpaired) electrons. The van der Waals surface area contributed by atoms with E-state index in [1.165, 1.54) is 0 Å². The first-order chi connectivity index (χ1) is 9.83. The minimum atomic E-state index is -4.55. The molecule has 5 nitrogen and oxygen atoms in total. The SMILES string of the molecule is CCC(CC)N(CCOC)c1cc(C(F)(F)F)nc(N)n1. The number of alkyl halides is 3. The van der Waals surface area contributed by atoms with Crippen molar-refractivity contribution in [2.45, 2.75) is 38.9 Å². The summed E-state index contributed by atoms with van der Waals surface area (Å²) in [7, 11) is 1.54. The minimum absolute atomic E-state index is 0.0653. The van der Waals surface area contributed by atoms with Gasteiger partial charge in [0.15, 0.2) is 5.69 Å². The van der Waals surface area contributed by atoms with E-state index in [1.807, 2.05) is 13.8 Å². The second-order valence-corrected chi connectivity index (χ2v) is 4.62. The van der Waals surface area contributed by atoms with E-state index in [-0.39, 0.29) is 17.8 Å². The van der Waals surface area contributed by atoms with Crippen LogP contribution in [0.3, 0.4) is 0 Å². The van der Waals surface area contributed by atoms with Gasteiger partial charge in [0, 0.05) is 25.8 Å². The van der Waals surface area contributed by atoms with Crippen LogP contribution in [-0.4, -0.2) is 36.3 Å². The Morgan fingerprint density at radius 1 is 1.29 bits per heavy atom. The fraction of sp³-hybridized carbons (Fsp3) is 0.692. The van der Waals surface area contributed by atoms with Crippen LogP contribution in [0, 0.1) is 0 Å². The molecule has 0 saturated heterocycles. The van der Waals surface area contributed by atoms with Crippen molar-refractivity contribution in [2.24, 2.45) is 0 Å². The molecule has 1 heterocycles. The normalized spacial score (nSPS) is 12.0. The summed E-state index contributed by atoms with van der Waals surface area (Å²) in [4.78, 5) is 9.01. The zero-order valence-electron chi connectivity index (χ0n) is 12.4. The van der Waals surface area contributed by atoms with Gasteiger partial charge in [-0.3, -0.25) is 0 Å². The van der Waals surface area contributed by atoms with Crippen LogP contribution in [0.5, 0.6) is 0 Å². The summed E-state index contributed by atoms with van der Waals surface area (Å²) in [6, 6.07) is 1.00. The molecule has 0 aromatic carbocycles. The van der Waals surface area contributed by atoms with Crippen LogP contribution in [0.25, 0.3) is 0 Å². The van der Waals surface area contributed by atoms with E-state index in [4.69, 9.17) is 10.5 Å². The maximum absolute atomic E-state index is 12.8. The highest BCUT2D eigenvalue weighted by atomic mass is 19.4. The molecule has 8 heteroatoms. The number of aromatic nitrogens is 2. The first kappa shape index (κ1) is 17.5. The van der Waals surface area contributed by atoms with Gasteiger partial charge < -0.3 is 15.4 Å². The molecule has 0 bridgehead atoms. The molecule has 0 unspecified atom stereocenters. The lowest BCUT2D eigenvalue weighted by atomic mass is 10.1. The lowest BCUT2D eigenvalue weighted by molar-refractivity contribution is -0.141. The Bertz CT molecular complexity index is 450. The van der Waals surface area contributed by atoms with Crippen molar-refractivity contribution in [1.82, 2.24) is 9.97 Å². The Labute approximate surface area is 122 Å². The van der Waals surface area contributed by atoms with Crippen molar-refractivity contribution in [3.63, 3.8) is 0 Å². The largest absolute Gasteiger partial charge is 0.433 e. The fourth-order valence-corrected chi connectivity index (χ4v) is 2.15. The molecule has 1 rings (SSSR count). The fourth-order valence-electron chi connectivity index (χ4n) is 2.15. The molecule has 120 valence electrons. The topological polar surface area (TPSA) is 64.3 Å². The van der Waals surface area contributed by atoms with E-state index in [1.54, 1.807) is 12.0 Å². The Balaban J connectivity index is 3.20. The van der Waals surface area contributed by atoms with Gasteiger partial charge in [-0.05, 0) is 12.8 Å². The van der Waals surface area contributed by atoms with Crippen LogP contribution in [0.4, 0.5) is 24.9 Å². The summed E-state index contributed by atoms with van der Waals surface area (Å²) >= 11 is 0. The smallest absolute Gasteiger partial charge is 0.383 e. The summed E-state index contributed by atoms with van der Waals surface area (Å²) in [6.07, 6.45) is -2.98. The highest BCUT2D eigenvalue weighted by molar-refractivity contribution is 5.45. The van der Waals surface area contributed by atoms with Crippen molar-refractivity contribution < 1.29 is 17.9 Å². The van der Waals surface area contributed by atoms with Gasteiger partial charge >= 0.3 is 6.18 Å². The minimum Gasteiger partial charge on any atom is -0.383 e. The predicted octanol–water partition coefficient (Wildman–Crippen LogP) is 2.72. The standard InChI is InChI=1S/C13H21F3N4O/c1-4-9(5-2)20(6-7-21-3)11-8-10(13(14,15)16)18-12(17)19-11/h8-9H,4-7H2,1-3H3,(H2,17,18,19). The van der Waals surface area contributed by atoms with Crippen LogP contribution in [0.1, 0.15) is 32.4 Å². The van der Waals surface area contributed by atoms with Gasteiger partial charge in [0.2, 0.25) is 5.95 Å². The van der Waals surface area contributed by atoms with Gasteiger partial charge in [0.1, 0.15) is 5.82 Å². The summed E-state index contributed by atoms with van der Waals surface area (Å²) < 4.78 is 43.5. The summed E-state index contributed by atoms with van der Waals surface area (Å²) in [5.41, 5.74) is 4.40. The van der Waals surface area contributed by atoms with Gasteiger partial charge in [0.05, 0.1) is 6.61 Å². The molecule has 0 spiro atoms. The molecule has 0 atom stereocenters. The maximum atomic E-state index is 12.8. The van der Waals surface area contributed by atoms with E-state index in [0.29, 0.717) is 13.2 Å². The number of nitrogens with two attached hydrogens (primary N) is 1. The predicted molar refractivity (Wildman–Crippen MR) is 75.0 cm³/mol. The monoisotopic (exact) mass is 306 g/mol. The first-order valence-electron chi connectivity index (χ1n) is 6.80. The second kappa shape index (κ2) is 7.44. The van der Waals surface area contributed by atoms with Crippen LogP contribution >= 0.6 is 0 Å². The lowest BCUT2D eigenvalue weighted by Crippen LogP contribution is -2.38. The lowest BCUT2D eigenvalue weighted by Gasteiger charge is -2.31. The van der Waals surface area contributed by atoms with Gasteiger partial charge in [-0.2, -0.15) is 18.2 Å². The van der Waals surface area contributed by atoms with Crippen molar-refractivity contribution in [1.29, 1.82) is 0 Å². The number of methoxy groups -OCH3 is 1. The average molecular weight is 306 g/mol. The average Bonchev–Trinajstić information content (AvgIpc) is 2.41. The highest BCUT2D eigenvalue weighted by Crippen LogP contribution is 2.31. The van der Waals surface area contributed by atoms with Crippen LogP contribution in [-0.2, 0) is 10.9 Å². The molecule has 0 fully saturated rings. The molecule has 1 aromatic rings. The number of ether oxygens (including phenoxy) is 1. The number of hydrogen-bond donors (Lipinski definition) is 1.